The van der Waals surface area contributed by atoms with Crippen LogP contribution in [-0.4, -0.2) is 29.1 Å². The number of hydrogen-bond acceptors (Lipinski definition) is 4. The third-order valence-corrected chi connectivity index (χ3v) is 3.58. The lowest BCUT2D eigenvalue weighted by Gasteiger charge is -2.37. The lowest BCUT2D eigenvalue weighted by molar-refractivity contribution is -0.149. The zero-order valence-electron chi connectivity index (χ0n) is 10.3. The number of carbonyl (C=O) groups is 1. The fourth-order valence-electron chi connectivity index (χ4n) is 2.10. The van der Waals surface area contributed by atoms with Gasteiger partial charge in [0.2, 0.25) is 0 Å². The van der Waals surface area contributed by atoms with Crippen molar-refractivity contribution < 1.29 is 9.90 Å². The quantitative estimate of drug-likeness (QED) is 0.857. The van der Waals surface area contributed by atoms with Crippen molar-refractivity contribution in [1.82, 2.24) is 4.98 Å². The standard InChI is InChI=1S/C13H15N3O2/c1-13(12(17)18)3-6-16(7-4-13)11-8-10(9-14)2-5-15-11/h2,5,8H,3-4,6-7H2,1H3,(H,17,18). The number of nitrogens with zero attached hydrogens (tertiary/aromatic N) is 3. The molecule has 5 heteroatoms. The molecule has 1 aliphatic rings. The second kappa shape index (κ2) is 4.65. The maximum absolute atomic E-state index is 11.1. The second-order valence-corrected chi connectivity index (χ2v) is 4.87. The Balaban J connectivity index is 2.10. The van der Waals surface area contributed by atoms with Crippen molar-refractivity contribution >= 4 is 11.8 Å². The van der Waals surface area contributed by atoms with Crippen molar-refractivity contribution in [3.05, 3.63) is 23.9 Å². The number of rotatable bonds is 2. The first-order valence-electron chi connectivity index (χ1n) is 5.90. The molecule has 1 saturated heterocycles. The number of aromatic nitrogens is 1. The minimum Gasteiger partial charge on any atom is -0.481 e. The molecule has 0 unspecified atom stereocenters. The fourth-order valence-corrected chi connectivity index (χ4v) is 2.10. The van der Waals surface area contributed by atoms with Crippen LogP contribution in [0.4, 0.5) is 5.82 Å². The van der Waals surface area contributed by atoms with E-state index in [0.717, 1.165) is 5.82 Å². The number of nitriles is 1. The minimum absolute atomic E-state index is 0.576. The molecule has 2 rings (SSSR count). The summed E-state index contributed by atoms with van der Waals surface area (Å²) in [4.78, 5) is 17.4. The largest absolute Gasteiger partial charge is 0.481 e. The molecule has 5 nitrogen and oxygen atoms in total. The summed E-state index contributed by atoms with van der Waals surface area (Å²) in [5, 5.41) is 18.0. The van der Waals surface area contributed by atoms with Crippen molar-refractivity contribution in [2.75, 3.05) is 18.0 Å². The number of carboxylic acids is 1. The lowest BCUT2D eigenvalue weighted by Crippen LogP contribution is -2.43. The van der Waals surface area contributed by atoms with Gasteiger partial charge in [0.05, 0.1) is 17.0 Å². The Morgan fingerprint density at radius 3 is 2.78 bits per heavy atom. The van der Waals surface area contributed by atoms with Gasteiger partial charge < -0.3 is 10.0 Å². The first-order valence-corrected chi connectivity index (χ1v) is 5.90. The number of anilines is 1. The van der Waals surface area contributed by atoms with Crippen LogP contribution in [0.3, 0.4) is 0 Å². The van der Waals surface area contributed by atoms with Crippen molar-refractivity contribution in [2.45, 2.75) is 19.8 Å². The second-order valence-electron chi connectivity index (χ2n) is 4.87. The predicted molar refractivity (Wildman–Crippen MR) is 66.1 cm³/mol. The molecule has 1 fully saturated rings. The molecule has 0 spiro atoms. The maximum Gasteiger partial charge on any atom is 0.309 e. The van der Waals surface area contributed by atoms with Crippen LogP contribution in [0.2, 0.25) is 0 Å². The van der Waals surface area contributed by atoms with Crippen molar-refractivity contribution in [1.29, 1.82) is 5.26 Å². The summed E-state index contributed by atoms with van der Waals surface area (Å²) >= 11 is 0. The van der Waals surface area contributed by atoms with E-state index in [1.807, 2.05) is 4.90 Å². The van der Waals surface area contributed by atoms with Crippen LogP contribution < -0.4 is 4.90 Å². The SMILES string of the molecule is CC1(C(=O)O)CCN(c2cc(C#N)ccn2)CC1. The Labute approximate surface area is 106 Å². The highest BCUT2D eigenvalue weighted by atomic mass is 16.4. The van der Waals surface area contributed by atoms with Crippen molar-refractivity contribution in [3.8, 4) is 6.07 Å². The van der Waals surface area contributed by atoms with Crippen molar-refractivity contribution in [2.24, 2.45) is 5.41 Å². The van der Waals surface area contributed by atoms with E-state index < -0.39 is 11.4 Å². The predicted octanol–water partition coefficient (Wildman–Crippen LogP) is 1.64. The molecule has 0 amide bonds. The Hall–Kier alpha value is -2.09. The highest BCUT2D eigenvalue weighted by molar-refractivity contribution is 5.74. The summed E-state index contributed by atoms with van der Waals surface area (Å²) in [6.45, 7) is 3.10. The van der Waals surface area contributed by atoms with E-state index in [-0.39, 0.29) is 0 Å². The first-order chi connectivity index (χ1) is 8.55. The van der Waals surface area contributed by atoms with Crippen LogP contribution in [0, 0.1) is 16.7 Å². The van der Waals surface area contributed by atoms with Crippen LogP contribution >= 0.6 is 0 Å². The molecule has 1 N–H and O–H groups in total. The molecule has 18 heavy (non-hydrogen) atoms. The minimum atomic E-state index is -0.735. The van der Waals surface area contributed by atoms with Gasteiger partial charge in [-0.1, -0.05) is 0 Å². The molecule has 2 heterocycles. The van der Waals surface area contributed by atoms with E-state index in [2.05, 4.69) is 11.1 Å². The van der Waals surface area contributed by atoms with Crippen LogP contribution in [0.15, 0.2) is 18.3 Å². The molecule has 1 aliphatic heterocycles. The van der Waals surface area contributed by atoms with Crippen LogP contribution in [0.1, 0.15) is 25.3 Å². The zero-order valence-corrected chi connectivity index (χ0v) is 10.3. The van der Waals surface area contributed by atoms with Gasteiger partial charge in [0.15, 0.2) is 0 Å². The van der Waals surface area contributed by atoms with Gasteiger partial charge in [-0.25, -0.2) is 4.98 Å². The summed E-state index contributed by atoms with van der Waals surface area (Å²) in [6, 6.07) is 5.48. The molecule has 0 radical (unpaired) electrons. The summed E-state index contributed by atoms with van der Waals surface area (Å²) < 4.78 is 0. The summed E-state index contributed by atoms with van der Waals surface area (Å²) in [5.74, 6) is 0.0161. The molecule has 0 aromatic carbocycles. The van der Waals surface area contributed by atoms with Gasteiger partial charge in [-0.3, -0.25) is 4.79 Å². The molecule has 0 bridgehead atoms. The lowest BCUT2D eigenvalue weighted by atomic mass is 9.80. The molecule has 0 atom stereocenters. The third-order valence-electron chi connectivity index (χ3n) is 3.58. The van der Waals surface area contributed by atoms with E-state index in [1.165, 1.54) is 0 Å². The third kappa shape index (κ3) is 2.28. The van der Waals surface area contributed by atoms with E-state index in [1.54, 1.807) is 25.3 Å². The average molecular weight is 245 g/mol. The average Bonchev–Trinajstić information content (AvgIpc) is 2.39. The van der Waals surface area contributed by atoms with Gasteiger partial charge in [-0.05, 0) is 31.9 Å². The highest BCUT2D eigenvalue weighted by Crippen LogP contribution is 2.32. The Kier molecular flexibility index (Phi) is 3.19. The Morgan fingerprint density at radius 1 is 1.56 bits per heavy atom. The van der Waals surface area contributed by atoms with E-state index in [0.29, 0.717) is 31.5 Å². The molecule has 1 aromatic heterocycles. The number of carboxylic acid groups (broad SMARTS) is 1. The van der Waals surface area contributed by atoms with Gasteiger partial charge in [-0.2, -0.15) is 5.26 Å². The van der Waals surface area contributed by atoms with Crippen LogP contribution in [-0.2, 0) is 4.79 Å². The van der Waals surface area contributed by atoms with Gasteiger partial charge in [0.1, 0.15) is 5.82 Å². The normalized spacial score (nSPS) is 18.1. The Bertz CT molecular complexity index is 499. The maximum atomic E-state index is 11.1. The van der Waals surface area contributed by atoms with E-state index in [4.69, 9.17) is 10.4 Å². The highest BCUT2D eigenvalue weighted by Gasteiger charge is 2.37. The monoisotopic (exact) mass is 245 g/mol. The summed E-state index contributed by atoms with van der Waals surface area (Å²) in [5.41, 5.74) is -0.0600. The fraction of sp³-hybridized carbons (Fsp3) is 0.462. The molecular formula is C13H15N3O2. The van der Waals surface area contributed by atoms with Gasteiger partial charge in [-0.15, -0.1) is 0 Å². The summed E-state index contributed by atoms with van der Waals surface area (Å²) in [6.07, 6.45) is 2.81. The molecular weight excluding hydrogens is 230 g/mol. The smallest absolute Gasteiger partial charge is 0.309 e. The summed E-state index contributed by atoms with van der Waals surface area (Å²) in [7, 11) is 0. The Morgan fingerprint density at radius 2 is 2.22 bits per heavy atom. The number of pyridine rings is 1. The number of hydrogen-bond donors (Lipinski definition) is 1. The van der Waals surface area contributed by atoms with E-state index >= 15 is 0 Å². The molecule has 0 aliphatic carbocycles. The zero-order chi connectivity index (χ0) is 13.2. The number of aliphatic carboxylic acids is 1. The first kappa shape index (κ1) is 12.4. The van der Waals surface area contributed by atoms with Gasteiger partial charge in [0.25, 0.3) is 0 Å². The van der Waals surface area contributed by atoms with Crippen LogP contribution in [0.25, 0.3) is 0 Å². The van der Waals surface area contributed by atoms with Crippen molar-refractivity contribution in [3.63, 3.8) is 0 Å². The topological polar surface area (TPSA) is 77.2 Å². The van der Waals surface area contributed by atoms with Gasteiger partial charge >= 0.3 is 5.97 Å². The van der Waals surface area contributed by atoms with Gasteiger partial charge in [0, 0.05) is 19.3 Å². The van der Waals surface area contributed by atoms with Crippen LogP contribution in [0.5, 0.6) is 0 Å². The molecule has 94 valence electrons. The van der Waals surface area contributed by atoms with E-state index in [9.17, 15) is 4.79 Å². The molecule has 0 saturated carbocycles. The molecule has 1 aromatic rings. The number of piperidine rings is 1.